The van der Waals surface area contributed by atoms with Gasteiger partial charge >= 0.3 is 0 Å². The van der Waals surface area contributed by atoms with E-state index in [0.29, 0.717) is 10.8 Å². The Hall–Kier alpha value is -1.23. The van der Waals surface area contributed by atoms with E-state index in [0.717, 1.165) is 25.0 Å². The second-order valence-electron chi connectivity index (χ2n) is 3.92. The number of thiocarbonyl (C=S) groups is 1. The third-order valence-corrected chi connectivity index (χ3v) is 2.50. The van der Waals surface area contributed by atoms with Crippen LogP contribution in [0.5, 0.6) is 0 Å². The van der Waals surface area contributed by atoms with Crippen LogP contribution < -0.4 is 10.6 Å². The Kier molecular flexibility index (Phi) is 5.28. The van der Waals surface area contributed by atoms with Crippen LogP contribution in [0.15, 0.2) is 18.2 Å². The molecule has 1 aromatic carbocycles. The van der Waals surface area contributed by atoms with Gasteiger partial charge in [0.1, 0.15) is 0 Å². The van der Waals surface area contributed by atoms with E-state index < -0.39 is 11.6 Å². The van der Waals surface area contributed by atoms with Crippen molar-refractivity contribution in [3.8, 4) is 0 Å². The fraction of sp³-hybridized carbons (Fsp3) is 0.417. The van der Waals surface area contributed by atoms with Crippen molar-refractivity contribution >= 4 is 23.0 Å². The van der Waals surface area contributed by atoms with Crippen molar-refractivity contribution in [2.75, 3.05) is 5.32 Å². The maximum atomic E-state index is 12.9. The monoisotopic (exact) mass is 258 g/mol. The van der Waals surface area contributed by atoms with Crippen molar-refractivity contribution in [1.29, 1.82) is 0 Å². The van der Waals surface area contributed by atoms with Gasteiger partial charge in [-0.25, -0.2) is 8.78 Å². The first-order chi connectivity index (χ1) is 8.02. The van der Waals surface area contributed by atoms with Gasteiger partial charge in [0, 0.05) is 17.8 Å². The lowest BCUT2D eigenvalue weighted by atomic mass is 10.2. The van der Waals surface area contributed by atoms with Crippen LogP contribution in [-0.4, -0.2) is 11.2 Å². The molecule has 0 aliphatic heterocycles. The summed E-state index contributed by atoms with van der Waals surface area (Å²) < 4.78 is 25.6. The highest BCUT2D eigenvalue weighted by Crippen LogP contribution is 2.12. The van der Waals surface area contributed by atoms with Crippen molar-refractivity contribution in [2.24, 2.45) is 0 Å². The Bertz CT molecular complexity index is 396. The van der Waals surface area contributed by atoms with Crippen molar-refractivity contribution in [2.45, 2.75) is 32.7 Å². The molecule has 0 aromatic heterocycles. The molecule has 0 spiro atoms. The first-order valence-electron chi connectivity index (χ1n) is 5.55. The van der Waals surface area contributed by atoms with Crippen molar-refractivity contribution in [3.05, 3.63) is 29.8 Å². The van der Waals surface area contributed by atoms with Gasteiger partial charge in [-0.15, -0.1) is 0 Å². The summed E-state index contributed by atoms with van der Waals surface area (Å²) >= 11 is 5.06. The van der Waals surface area contributed by atoms with Gasteiger partial charge < -0.3 is 10.6 Å². The smallest absolute Gasteiger partial charge is 0.170 e. The lowest BCUT2D eigenvalue weighted by molar-refractivity contribution is 0.509. The maximum absolute atomic E-state index is 12.9. The molecule has 1 rings (SSSR count). The molecule has 0 fully saturated rings. The van der Waals surface area contributed by atoms with Gasteiger partial charge in [-0.2, -0.15) is 0 Å². The Balaban J connectivity index is 2.53. The van der Waals surface area contributed by atoms with Crippen LogP contribution in [0.3, 0.4) is 0 Å². The zero-order chi connectivity index (χ0) is 12.8. The largest absolute Gasteiger partial charge is 0.360 e. The van der Waals surface area contributed by atoms with Gasteiger partial charge in [0.2, 0.25) is 0 Å². The SMILES string of the molecule is CCCC(C)NC(=S)Nc1ccc(F)c(F)c1. The molecule has 0 amide bonds. The molecule has 0 saturated carbocycles. The number of hydrogen-bond donors (Lipinski definition) is 2. The summed E-state index contributed by atoms with van der Waals surface area (Å²) in [6, 6.07) is 3.84. The van der Waals surface area contributed by atoms with Crippen molar-refractivity contribution in [1.82, 2.24) is 5.32 Å². The minimum absolute atomic E-state index is 0.255. The summed E-state index contributed by atoms with van der Waals surface area (Å²) in [5, 5.41) is 6.29. The van der Waals surface area contributed by atoms with Gasteiger partial charge in [-0.05, 0) is 37.7 Å². The van der Waals surface area contributed by atoms with Crippen LogP contribution in [0, 0.1) is 11.6 Å². The van der Waals surface area contributed by atoms with E-state index in [-0.39, 0.29) is 6.04 Å². The number of benzene rings is 1. The third-order valence-electron chi connectivity index (χ3n) is 2.28. The lowest BCUT2D eigenvalue weighted by Gasteiger charge is -2.16. The molecule has 1 unspecified atom stereocenters. The molecular formula is C12H16F2N2S. The molecule has 0 aliphatic carbocycles. The van der Waals surface area contributed by atoms with Crippen molar-refractivity contribution in [3.63, 3.8) is 0 Å². The van der Waals surface area contributed by atoms with Crippen LogP contribution in [0.2, 0.25) is 0 Å². The van der Waals surface area contributed by atoms with Crippen molar-refractivity contribution < 1.29 is 8.78 Å². The van der Waals surface area contributed by atoms with Gasteiger partial charge in [0.25, 0.3) is 0 Å². The molecule has 0 radical (unpaired) electrons. The van der Waals surface area contributed by atoms with E-state index in [1.807, 2.05) is 6.92 Å². The second-order valence-corrected chi connectivity index (χ2v) is 4.33. The third kappa shape index (κ3) is 4.65. The topological polar surface area (TPSA) is 24.1 Å². The molecule has 1 atom stereocenters. The quantitative estimate of drug-likeness (QED) is 0.809. The zero-order valence-electron chi connectivity index (χ0n) is 9.89. The van der Waals surface area contributed by atoms with E-state index >= 15 is 0 Å². The Morgan fingerprint density at radius 3 is 2.65 bits per heavy atom. The van der Waals surface area contributed by atoms with Gasteiger partial charge in [0.15, 0.2) is 16.7 Å². The number of nitrogens with one attached hydrogen (secondary N) is 2. The van der Waals surface area contributed by atoms with Crippen LogP contribution in [-0.2, 0) is 0 Å². The highest BCUT2D eigenvalue weighted by atomic mass is 32.1. The molecule has 94 valence electrons. The summed E-state index contributed by atoms with van der Waals surface area (Å²) in [7, 11) is 0. The molecule has 0 bridgehead atoms. The fourth-order valence-electron chi connectivity index (χ4n) is 1.47. The van der Waals surface area contributed by atoms with E-state index in [2.05, 4.69) is 17.6 Å². The fourth-order valence-corrected chi connectivity index (χ4v) is 1.79. The zero-order valence-corrected chi connectivity index (χ0v) is 10.7. The minimum atomic E-state index is -0.889. The number of hydrogen-bond acceptors (Lipinski definition) is 1. The van der Waals surface area contributed by atoms with Gasteiger partial charge in [-0.1, -0.05) is 13.3 Å². The van der Waals surface area contributed by atoms with Crippen LogP contribution in [0.25, 0.3) is 0 Å². The summed E-state index contributed by atoms with van der Waals surface area (Å²) in [6.45, 7) is 4.10. The summed E-state index contributed by atoms with van der Waals surface area (Å²) in [6.07, 6.45) is 2.06. The number of anilines is 1. The van der Waals surface area contributed by atoms with Gasteiger partial charge in [-0.3, -0.25) is 0 Å². The van der Waals surface area contributed by atoms with Crippen LogP contribution >= 0.6 is 12.2 Å². The normalized spacial score (nSPS) is 12.0. The maximum Gasteiger partial charge on any atom is 0.170 e. The minimum Gasteiger partial charge on any atom is -0.360 e. The van der Waals surface area contributed by atoms with E-state index in [1.54, 1.807) is 0 Å². The Morgan fingerprint density at radius 2 is 2.06 bits per heavy atom. The summed E-state index contributed by atoms with van der Waals surface area (Å²) in [5.74, 6) is -1.76. The van der Waals surface area contributed by atoms with Gasteiger partial charge in [0.05, 0.1) is 0 Å². The Morgan fingerprint density at radius 1 is 1.35 bits per heavy atom. The summed E-state index contributed by atoms with van der Waals surface area (Å²) in [4.78, 5) is 0. The highest BCUT2D eigenvalue weighted by Gasteiger charge is 2.05. The molecule has 2 nitrogen and oxygen atoms in total. The molecule has 17 heavy (non-hydrogen) atoms. The Labute approximate surface area is 105 Å². The number of halogens is 2. The predicted molar refractivity (Wildman–Crippen MR) is 70.1 cm³/mol. The van der Waals surface area contributed by atoms with Crippen LogP contribution in [0.1, 0.15) is 26.7 Å². The standard InChI is InChI=1S/C12H16F2N2S/c1-3-4-8(2)15-12(17)16-9-5-6-10(13)11(14)7-9/h5-8H,3-4H2,1-2H3,(H2,15,16,17). The summed E-state index contributed by atoms with van der Waals surface area (Å²) in [5.41, 5.74) is 0.435. The van der Waals surface area contributed by atoms with E-state index in [1.165, 1.54) is 6.07 Å². The average molecular weight is 258 g/mol. The van der Waals surface area contributed by atoms with E-state index in [4.69, 9.17) is 12.2 Å². The number of rotatable bonds is 4. The molecule has 5 heteroatoms. The molecule has 1 aromatic rings. The lowest BCUT2D eigenvalue weighted by Crippen LogP contribution is -2.35. The second kappa shape index (κ2) is 6.49. The highest BCUT2D eigenvalue weighted by molar-refractivity contribution is 7.80. The molecule has 0 heterocycles. The first-order valence-corrected chi connectivity index (χ1v) is 5.96. The average Bonchev–Trinajstić information content (AvgIpc) is 2.23. The van der Waals surface area contributed by atoms with Crippen LogP contribution in [0.4, 0.5) is 14.5 Å². The van der Waals surface area contributed by atoms with E-state index in [9.17, 15) is 8.78 Å². The molecule has 2 N–H and O–H groups in total. The first kappa shape index (κ1) is 13.8. The molecular weight excluding hydrogens is 242 g/mol. The molecule has 0 aliphatic rings. The predicted octanol–water partition coefficient (Wildman–Crippen LogP) is 3.44. The molecule has 0 saturated heterocycles.